The average molecular weight is 285 g/mol. The van der Waals surface area contributed by atoms with E-state index in [1.165, 1.54) is 12.1 Å². The lowest BCUT2D eigenvalue weighted by molar-refractivity contribution is -0.108. The molecule has 6 heteroatoms. The summed E-state index contributed by atoms with van der Waals surface area (Å²) in [5.41, 5.74) is 0.973. The Bertz CT molecular complexity index is 496. The van der Waals surface area contributed by atoms with Gasteiger partial charge in [-0.2, -0.15) is 4.31 Å². The van der Waals surface area contributed by atoms with Gasteiger partial charge < -0.3 is 9.90 Å². The Hall–Kier alpha value is -1.24. The molecular formula is C13H19NO4S. The third-order valence-electron chi connectivity index (χ3n) is 2.75. The third-order valence-corrected chi connectivity index (χ3v) is 4.63. The van der Waals surface area contributed by atoms with Gasteiger partial charge >= 0.3 is 0 Å². The summed E-state index contributed by atoms with van der Waals surface area (Å²) in [6.45, 7) is 1.96. The lowest BCUT2D eigenvalue weighted by atomic mass is 10.2. The van der Waals surface area contributed by atoms with Crippen molar-refractivity contribution in [3.63, 3.8) is 0 Å². The molecule has 0 aliphatic carbocycles. The zero-order valence-electron chi connectivity index (χ0n) is 10.9. The molecule has 0 amide bonds. The SMILES string of the molecule is Cc1ccc(S(=O)(=O)N(CC=O)CCCCO)cc1. The molecule has 0 aliphatic heterocycles. The van der Waals surface area contributed by atoms with E-state index in [0.29, 0.717) is 19.1 Å². The second-order valence-corrected chi connectivity index (χ2v) is 6.21. The van der Waals surface area contributed by atoms with Gasteiger partial charge in [0.25, 0.3) is 0 Å². The van der Waals surface area contributed by atoms with E-state index in [9.17, 15) is 13.2 Å². The summed E-state index contributed by atoms with van der Waals surface area (Å²) in [4.78, 5) is 10.8. The van der Waals surface area contributed by atoms with Crippen LogP contribution < -0.4 is 0 Å². The Morgan fingerprint density at radius 1 is 1.21 bits per heavy atom. The first-order chi connectivity index (χ1) is 9.02. The molecule has 0 bridgehead atoms. The normalized spacial score (nSPS) is 11.7. The number of aldehydes is 1. The number of hydrogen-bond acceptors (Lipinski definition) is 4. The van der Waals surface area contributed by atoms with E-state index in [1.54, 1.807) is 12.1 Å². The maximum Gasteiger partial charge on any atom is 0.243 e. The number of hydrogen-bond donors (Lipinski definition) is 1. The lowest BCUT2D eigenvalue weighted by Crippen LogP contribution is -2.33. The number of aliphatic hydroxyl groups is 1. The first kappa shape index (κ1) is 15.8. The van der Waals surface area contributed by atoms with E-state index in [2.05, 4.69) is 0 Å². The molecule has 0 saturated carbocycles. The number of carbonyl (C=O) groups excluding carboxylic acids is 1. The average Bonchev–Trinajstić information content (AvgIpc) is 2.38. The molecule has 0 spiro atoms. The maximum atomic E-state index is 12.3. The number of rotatable bonds is 8. The molecular weight excluding hydrogens is 266 g/mol. The molecule has 1 aromatic rings. The molecule has 1 rings (SSSR count). The van der Waals surface area contributed by atoms with Crippen molar-refractivity contribution in [3.05, 3.63) is 29.8 Å². The summed E-state index contributed by atoms with van der Waals surface area (Å²) in [5, 5.41) is 8.72. The fourth-order valence-electron chi connectivity index (χ4n) is 1.65. The summed E-state index contributed by atoms with van der Waals surface area (Å²) < 4.78 is 25.8. The van der Waals surface area contributed by atoms with Crippen LogP contribution in [-0.2, 0) is 14.8 Å². The summed E-state index contributed by atoms with van der Waals surface area (Å²) in [7, 11) is -3.64. The van der Waals surface area contributed by atoms with E-state index in [-0.39, 0.29) is 24.6 Å². The largest absolute Gasteiger partial charge is 0.396 e. The van der Waals surface area contributed by atoms with Gasteiger partial charge in [-0.3, -0.25) is 0 Å². The number of benzene rings is 1. The molecule has 0 aliphatic rings. The Kier molecular flexibility index (Phi) is 6.14. The Balaban J connectivity index is 2.91. The highest BCUT2D eigenvalue weighted by molar-refractivity contribution is 7.89. The first-order valence-corrected chi connectivity index (χ1v) is 7.57. The number of carbonyl (C=O) groups is 1. The van der Waals surface area contributed by atoms with Crippen molar-refractivity contribution in [2.75, 3.05) is 19.7 Å². The van der Waals surface area contributed by atoms with Crippen LogP contribution >= 0.6 is 0 Å². The molecule has 1 N–H and O–H groups in total. The van der Waals surface area contributed by atoms with Crippen LogP contribution in [0.2, 0.25) is 0 Å². The van der Waals surface area contributed by atoms with E-state index in [0.717, 1.165) is 9.87 Å². The van der Waals surface area contributed by atoms with E-state index >= 15 is 0 Å². The lowest BCUT2D eigenvalue weighted by Gasteiger charge is -2.19. The summed E-state index contributed by atoms with van der Waals surface area (Å²) in [5.74, 6) is 0. The minimum absolute atomic E-state index is 0.0134. The smallest absolute Gasteiger partial charge is 0.243 e. The summed E-state index contributed by atoms with van der Waals surface area (Å²) in [6, 6.07) is 6.52. The molecule has 0 aromatic heterocycles. The predicted octanol–water partition coefficient (Wildman–Crippen LogP) is 0.957. The summed E-state index contributed by atoms with van der Waals surface area (Å²) in [6.07, 6.45) is 1.61. The van der Waals surface area contributed by atoms with Gasteiger partial charge in [0.15, 0.2) is 0 Å². The number of unbranched alkanes of at least 4 members (excludes halogenated alkanes) is 1. The van der Waals surface area contributed by atoms with Crippen LogP contribution in [-0.4, -0.2) is 43.8 Å². The van der Waals surface area contributed by atoms with Crippen LogP contribution in [0.25, 0.3) is 0 Å². The van der Waals surface area contributed by atoms with Crippen LogP contribution in [0.5, 0.6) is 0 Å². The van der Waals surface area contributed by atoms with Crippen LogP contribution in [0.15, 0.2) is 29.2 Å². The van der Waals surface area contributed by atoms with Gasteiger partial charge in [-0.05, 0) is 31.9 Å². The number of sulfonamides is 1. The number of aliphatic hydroxyl groups excluding tert-OH is 1. The minimum Gasteiger partial charge on any atom is -0.396 e. The second-order valence-electron chi connectivity index (χ2n) is 4.27. The van der Waals surface area contributed by atoms with Crippen molar-refractivity contribution < 1.29 is 18.3 Å². The van der Waals surface area contributed by atoms with Crippen molar-refractivity contribution in [1.29, 1.82) is 0 Å². The van der Waals surface area contributed by atoms with E-state index < -0.39 is 10.0 Å². The molecule has 5 nitrogen and oxygen atoms in total. The van der Waals surface area contributed by atoms with Gasteiger partial charge in [0.2, 0.25) is 10.0 Å². The molecule has 0 atom stereocenters. The van der Waals surface area contributed by atoms with Crippen molar-refractivity contribution in [2.24, 2.45) is 0 Å². The topological polar surface area (TPSA) is 74.7 Å². The van der Waals surface area contributed by atoms with Crippen molar-refractivity contribution in [3.8, 4) is 0 Å². The molecule has 0 radical (unpaired) electrons. The first-order valence-electron chi connectivity index (χ1n) is 6.13. The van der Waals surface area contributed by atoms with Crippen LogP contribution in [0.3, 0.4) is 0 Å². The Labute approximate surface area is 113 Å². The van der Waals surface area contributed by atoms with Gasteiger partial charge in [0.1, 0.15) is 6.29 Å². The van der Waals surface area contributed by atoms with Crippen LogP contribution in [0, 0.1) is 6.92 Å². The second kappa shape index (κ2) is 7.37. The van der Waals surface area contributed by atoms with Crippen LogP contribution in [0.1, 0.15) is 18.4 Å². The Morgan fingerprint density at radius 2 is 1.84 bits per heavy atom. The molecule has 19 heavy (non-hydrogen) atoms. The molecule has 0 fully saturated rings. The maximum absolute atomic E-state index is 12.3. The highest BCUT2D eigenvalue weighted by Crippen LogP contribution is 2.16. The summed E-state index contributed by atoms with van der Waals surface area (Å²) >= 11 is 0. The predicted molar refractivity (Wildman–Crippen MR) is 72.3 cm³/mol. The van der Waals surface area contributed by atoms with E-state index in [1.807, 2.05) is 6.92 Å². The van der Waals surface area contributed by atoms with E-state index in [4.69, 9.17) is 5.11 Å². The molecule has 106 valence electrons. The van der Waals surface area contributed by atoms with Gasteiger partial charge in [-0.25, -0.2) is 8.42 Å². The number of nitrogens with zero attached hydrogens (tertiary/aromatic N) is 1. The fourth-order valence-corrected chi connectivity index (χ4v) is 3.06. The highest BCUT2D eigenvalue weighted by atomic mass is 32.2. The third kappa shape index (κ3) is 4.41. The van der Waals surface area contributed by atoms with Gasteiger partial charge in [0.05, 0.1) is 11.4 Å². The monoisotopic (exact) mass is 285 g/mol. The van der Waals surface area contributed by atoms with Crippen molar-refractivity contribution >= 4 is 16.3 Å². The standard InChI is InChI=1S/C13H19NO4S/c1-12-4-6-13(7-5-12)19(17,18)14(9-11-16)8-2-3-10-15/h4-7,11,15H,2-3,8-10H2,1H3. The fraction of sp³-hybridized carbons (Fsp3) is 0.462. The van der Waals surface area contributed by atoms with Crippen LogP contribution in [0.4, 0.5) is 0 Å². The van der Waals surface area contributed by atoms with Gasteiger partial charge in [-0.15, -0.1) is 0 Å². The highest BCUT2D eigenvalue weighted by Gasteiger charge is 2.23. The van der Waals surface area contributed by atoms with Crippen molar-refractivity contribution in [2.45, 2.75) is 24.7 Å². The zero-order chi connectivity index (χ0) is 14.3. The molecule has 0 heterocycles. The number of aryl methyl sites for hydroxylation is 1. The van der Waals surface area contributed by atoms with Gasteiger partial charge in [0, 0.05) is 13.2 Å². The molecule has 1 aromatic carbocycles. The Morgan fingerprint density at radius 3 is 2.37 bits per heavy atom. The minimum atomic E-state index is -3.64. The molecule has 0 unspecified atom stereocenters. The quantitative estimate of drug-likeness (QED) is 0.570. The van der Waals surface area contributed by atoms with Gasteiger partial charge in [-0.1, -0.05) is 17.7 Å². The van der Waals surface area contributed by atoms with Crippen molar-refractivity contribution in [1.82, 2.24) is 4.31 Å². The zero-order valence-corrected chi connectivity index (χ0v) is 11.8. The molecule has 0 saturated heterocycles.